The first-order chi connectivity index (χ1) is 16.6. The Bertz CT molecular complexity index is 1280. The Kier molecular flexibility index (Phi) is 6.27. The summed E-state index contributed by atoms with van der Waals surface area (Å²) in [6.45, 7) is 2.35. The fourth-order valence-corrected chi connectivity index (χ4v) is 4.52. The van der Waals surface area contributed by atoms with Crippen molar-refractivity contribution < 1.29 is 13.9 Å². The molecule has 4 aromatic rings. The molecule has 0 saturated carbocycles. The average Bonchev–Trinajstić information content (AvgIpc) is 3.22. The van der Waals surface area contributed by atoms with E-state index < -0.39 is 5.91 Å². The highest BCUT2D eigenvalue weighted by Gasteiger charge is 2.21. The molecule has 1 saturated heterocycles. The molecule has 0 unspecified atom stereocenters. The van der Waals surface area contributed by atoms with Gasteiger partial charge in [0, 0.05) is 31.4 Å². The summed E-state index contributed by atoms with van der Waals surface area (Å²) in [7, 11) is 0. The minimum Gasteiger partial charge on any atom is -0.373 e. The predicted molar refractivity (Wildman–Crippen MR) is 129 cm³/mol. The van der Waals surface area contributed by atoms with Crippen molar-refractivity contribution in [2.24, 2.45) is 5.73 Å². The Labute approximate surface area is 197 Å². The number of benzene rings is 2. The fourth-order valence-electron chi connectivity index (χ4n) is 4.52. The van der Waals surface area contributed by atoms with Gasteiger partial charge in [-0.25, -0.2) is 9.37 Å². The molecular formula is C27H27FN4O2. The lowest BCUT2D eigenvalue weighted by molar-refractivity contribution is 0.0251. The molecule has 1 amide bonds. The molecule has 1 aliphatic rings. The van der Waals surface area contributed by atoms with Crippen LogP contribution in [0.4, 0.5) is 10.1 Å². The highest BCUT2D eigenvalue weighted by atomic mass is 19.1. The number of carbonyl (C=O) groups is 1. The lowest BCUT2D eigenvalue weighted by atomic mass is 10.0. The summed E-state index contributed by atoms with van der Waals surface area (Å²) in [6, 6.07) is 20.5. The molecule has 2 aromatic carbocycles. The molecule has 6 nitrogen and oxygen atoms in total. The number of anilines is 1. The zero-order valence-corrected chi connectivity index (χ0v) is 18.9. The van der Waals surface area contributed by atoms with Crippen molar-refractivity contribution in [2.75, 3.05) is 18.0 Å². The van der Waals surface area contributed by atoms with E-state index >= 15 is 0 Å². The van der Waals surface area contributed by atoms with E-state index in [4.69, 9.17) is 10.5 Å². The van der Waals surface area contributed by atoms with Crippen molar-refractivity contribution in [1.82, 2.24) is 9.38 Å². The number of carbonyl (C=O) groups excluding carboxylic acids is 1. The Balaban J connectivity index is 1.18. The smallest absolute Gasteiger partial charge is 0.267 e. The molecule has 34 heavy (non-hydrogen) atoms. The summed E-state index contributed by atoms with van der Waals surface area (Å²) < 4.78 is 20.8. The number of amides is 1. The number of primary amides is 1. The van der Waals surface area contributed by atoms with Gasteiger partial charge >= 0.3 is 0 Å². The van der Waals surface area contributed by atoms with E-state index in [1.165, 1.54) is 17.8 Å². The summed E-state index contributed by atoms with van der Waals surface area (Å²) in [4.78, 5) is 19.0. The largest absolute Gasteiger partial charge is 0.373 e. The maximum Gasteiger partial charge on any atom is 0.267 e. The maximum absolute atomic E-state index is 13.0. The van der Waals surface area contributed by atoms with Gasteiger partial charge in [0.1, 0.15) is 17.2 Å². The molecule has 2 aromatic heterocycles. The number of ether oxygens (including phenoxy) is 1. The SMILES string of the molecule is NC(=O)c1c(Cc2ccc(N3CCC(OCc4ccc(F)cc4)CC3)cc2)nc2ccccn12. The van der Waals surface area contributed by atoms with Crippen molar-refractivity contribution in [2.45, 2.75) is 32.0 Å². The van der Waals surface area contributed by atoms with E-state index in [1.54, 1.807) is 16.5 Å². The van der Waals surface area contributed by atoms with E-state index in [1.807, 2.05) is 24.4 Å². The van der Waals surface area contributed by atoms with E-state index in [0.717, 1.165) is 37.1 Å². The van der Waals surface area contributed by atoms with Gasteiger partial charge < -0.3 is 15.4 Å². The minimum atomic E-state index is -0.477. The van der Waals surface area contributed by atoms with Crippen LogP contribution in [0.1, 0.15) is 40.2 Å². The van der Waals surface area contributed by atoms with Gasteiger partial charge in [0.25, 0.3) is 5.91 Å². The number of halogens is 1. The normalized spacial score (nSPS) is 14.6. The third-order valence-electron chi connectivity index (χ3n) is 6.35. The van der Waals surface area contributed by atoms with Gasteiger partial charge in [-0.15, -0.1) is 0 Å². The molecule has 7 heteroatoms. The first kappa shape index (κ1) is 22.1. The second-order valence-corrected chi connectivity index (χ2v) is 8.67. The molecule has 1 fully saturated rings. The number of fused-ring (bicyclic) bond motifs is 1. The summed E-state index contributed by atoms with van der Waals surface area (Å²) in [5.74, 6) is -0.704. The Morgan fingerprint density at radius 3 is 2.41 bits per heavy atom. The Morgan fingerprint density at radius 2 is 1.71 bits per heavy atom. The molecule has 2 N–H and O–H groups in total. The quantitative estimate of drug-likeness (QED) is 0.447. The molecule has 174 valence electrons. The summed E-state index contributed by atoms with van der Waals surface area (Å²) in [6.07, 6.45) is 4.46. The number of hydrogen-bond donors (Lipinski definition) is 1. The number of piperidine rings is 1. The summed E-state index contributed by atoms with van der Waals surface area (Å²) in [5, 5.41) is 0. The van der Waals surface area contributed by atoms with Crippen LogP contribution in [0.2, 0.25) is 0 Å². The van der Waals surface area contributed by atoms with Crippen LogP contribution in [0.15, 0.2) is 72.9 Å². The van der Waals surface area contributed by atoms with Crippen LogP contribution < -0.4 is 10.6 Å². The number of hydrogen-bond acceptors (Lipinski definition) is 4. The van der Waals surface area contributed by atoms with Gasteiger partial charge in [0.05, 0.1) is 18.4 Å². The molecule has 3 heterocycles. The van der Waals surface area contributed by atoms with E-state index in [2.05, 4.69) is 34.1 Å². The van der Waals surface area contributed by atoms with Gasteiger partial charge in [0.15, 0.2) is 0 Å². The number of pyridine rings is 1. The van der Waals surface area contributed by atoms with E-state index in [-0.39, 0.29) is 11.9 Å². The van der Waals surface area contributed by atoms with Crippen molar-refractivity contribution in [1.29, 1.82) is 0 Å². The van der Waals surface area contributed by atoms with Crippen molar-refractivity contribution in [3.05, 3.63) is 101 Å². The molecule has 0 spiro atoms. The maximum atomic E-state index is 13.0. The Morgan fingerprint density at radius 1 is 1.00 bits per heavy atom. The van der Waals surface area contributed by atoms with Gasteiger partial charge in [-0.05, 0) is 60.4 Å². The van der Waals surface area contributed by atoms with Gasteiger partial charge in [-0.2, -0.15) is 0 Å². The van der Waals surface area contributed by atoms with Crippen molar-refractivity contribution in [3.8, 4) is 0 Å². The number of nitrogens with two attached hydrogens (primary N) is 1. The van der Waals surface area contributed by atoms with Crippen molar-refractivity contribution >= 4 is 17.2 Å². The molecular weight excluding hydrogens is 431 g/mol. The monoisotopic (exact) mass is 458 g/mol. The van der Waals surface area contributed by atoms with Gasteiger partial charge in [0.2, 0.25) is 0 Å². The number of nitrogens with zero attached hydrogens (tertiary/aromatic N) is 3. The van der Waals surface area contributed by atoms with Crippen LogP contribution in [-0.2, 0) is 17.8 Å². The van der Waals surface area contributed by atoms with Crippen LogP contribution in [0.25, 0.3) is 5.65 Å². The van der Waals surface area contributed by atoms with Crippen LogP contribution >= 0.6 is 0 Å². The third kappa shape index (κ3) is 4.79. The predicted octanol–water partition coefficient (Wildman–Crippen LogP) is 4.35. The second kappa shape index (κ2) is 9.65. The molecule has 5 rings (SSSR count). The standard InChI is InChI=1S/C27H27FN4O2/c28-21-8-4-20(5-9-21)18-34-23-12-15-31(16-13-23)22-10-6-19(7-11-22)17-24-26(27(29)33)32-14-2-1-3-25(32)30-24/h1-11,14,23H,12-13,15-18H2,(H2,29,33). The van der Waals surface area contributed by atoms with Crippen LogP contribution in [0, 0.1) is 5.82 Å². The summed E-state index contributed by atoms with van der Waals surface area (Å²) >= 11 is 0. The van der Waals surface area contributed by atoms with Crippen molar-refractivity contribution in [3.63, 3.8) is 0 Å². The molecule has 0 atom stereocenters. The number of rotatable bonds is 7. The third-order valence-corrected chi connectivity index (χ3v) is 6.35. The average molecular weight is 459 g/mol. The summed E-state index contributed by atoms with van der Waals surface area (Å²) in [5.41, 5.74) is 10.7. The minimum absolute atomic E-state index is 0.211. The topological polar surface area (TPSA) is 72.9 Å². The van der Waals surface area contributed by atoms with E-state index in [9.17, 15) is 9.18 Å². The first-order valence-electron chi connectivity index (χ1n) is 11.5. The fraction of sp³-hybridized carbons (Fsp3) is 0.259. The van der Waals surface area contributed by atoms with Crippen LogP contribution in [0.5, 0.6) is 0 Å². The van der Waals surface area contributed by atoms with E-state index in [0.29, 0.717) is 30.1 Å². The lowest BCUT2D eigenvalue weighted by Gasteiger charge is -2.33. The number of aromatic nitrogens is 2. The van der Waals surface area contributed by atoms with Crippen LogP contribution in [0.3, 0.4) is 0 Å². The molecule has 0 radical (unpaired) electrons. The Hall–Kier alpha value is -3.71. The zero-order chi connectivity index (χ0) is 23.5. The highest BCUT2D eigenvalue weighted by Crippen LogP contribution is 2.24. The lowest BCUT2D eigenvalue weighted by Crippen LogP contribution is -2.37. The first-order valence-corrected chi connectivity index (χ1v) is 11.5. The van der Waals surface area contributed by atoms with Gasteiger partial charge in [-0.1, -0.05) is 30.3 Å². The highest BCUT2D eigenvalue weighted by molar-refractivity contribution is 5.93. The molecule has 1 aliphatic heterocycles. The molecule has 0 aliphatic carbocycles. The second-order valence-electron chi connectivity index (χ2n) is 8.67. The zero-order valence-electron chi connectivity index (χ0n) is 18.9. The van der Waals surface area contributed by atoms with Crippen LogP contribution in [-0.4, -0.2) is 34.5 Å². The molecule has 0 bridgehead atoms. The van der Waals surface area contributed by atoms with Gasteiger partial charge in [-0.3, -0.25) is 9.20 Å². The number of imidazole rings is 1.